The van der Waals surface area contributed by atoms with E-state index in [0.717, 1.165) is 38.5 Å². The molecular formula is C26H42ClN3O6. The Hall–Kier alpha value is -2.13. The van der Waals surface area contributed by atoms with Crippen molar-refractivity contribution >= 4 is 29.4 Å². The average Bonchev–Trinajstić information content (AvgIpc) is 3.20. The predicted octanol–water partition coefficient (Wildman–Crippen LogP) is 4.61. The number of anilines is 1. The molecule has 1 fully saturated rings. The summed E-state index contributed by atoms with van der Waals surface area (Å²) < 4.78 is 19.3. The monoisotopic (exact) mass is 527 g/mol. The van der Waals surface area contributed by atoms with Gasteiger partial charge in [-0.25, -0.2) is 4.79 Å². The van der Waals surface area contributed by atoms with Crippen molar-refractivity contribution in [2.75, 3.05) is 18.2 Å². The molecule has 2 rings (SSSR count). The molecule has 10 heteroatoms. The molecule has 0 aliphatic carbocycles. The van der Waals surface area contributed by atoms with Gasteiger partial charge in [-0.3, -0.25) is 14.2 Å². The van der Waals surface area contributed by atoms with Crippen LogP contribution in [0.3, 0.4) is 0 Å². The Kier molecular flexibility index (Phi) is 12.2. The van der Waals surface area contributed by atoms with E-state index in [1.165, 1.54) is 16.8 Å². The molecular weight excluding hydrogens is 486 g/mol. The SMILES string of the molecule is CCCC(CCC)C(=O)OC[C@@]1(CCl)O[C@@H](n2ccc(N)nc2=O)C[C@@H]1OC(=O)C(CCC)CCC. The van der Waals surface area contributed by atoms with Gasteiger partial charge < -0.3 is 19.9 Å². The smallest absolute Gasteiger partial charge is 0.351 e. The summed E-state index contributed by atoms with van der Waals surface area (Å²) in [6, 6.07) is 1.49. The number of alkyl halides is 1. The van der Waals surface area contributed by atoms with Crippen molar-refractivity contribution in [1.29, 1.82) is 0 Å². The van der Waals surface area contributed by atoms with E-state index >= 15 is 0 Å². The summed E-state index contributed by atoms with van der Waals surface area (Å²) in [6.07, 6.45) is 6.35. The molecule has 0 spiro atoms. The summed E-state index contributed by atoms with van der Waals surface area (Å²) in [6.45, 7) is 7.92. The average molecular weight is 528 g/mol. The molecule has 0 aromatic carbocycles. The minimum absolute atomic E-state index is 0.0922. The van der Waals surface area contributed by atoms with Crippen molar-refractivity contribution in [2.45, 2.75) is 103 Å². The lowest BCUT2D eigenvalue weighted by molar-refractivity contribution is -0.178. The highest BCUT2D eigenvalue weighted by molar-refractivity contribution is 6.18. The number of nitrogens with two attached hydrogens (primary N) is 1. The molecule has 0 bridgehead atoms. The first-order valence-corrected chi connectivity index (χ1v) is 13.7. The molecule has 204 valence electrons. The molecule has 2 N–H and O–H groups in total. The summed E-state index contributed by atoms with van der Waals surface area (Å²) in [5, 5.41) is 0. The Morgan fingerprint density at radius 1 is 1.11 bits per heavy atom. The normalized spacial score (nSPS) is 21.8. The fraction of sp³-hybridized carbons (Fsp3) is 0.769. The van der Waals surface area contributed by atoms with Crippen LogP contribution in [0.15, 0.2) is 17.1 Å². The summed E-state index contributed by atoms with van der Waals surface area (Å²) in [4.78, 5) is 42.3. The van der Waals surface area contributed by atoms with E-state index in [9.17, 15) is 14.4 Å². The van der Waals surface area contributed by atoms with Crippen LogP contribution in [0.5, 0.6) is 0 Å². The Labute approximate surface area is 219 Å². The first-order valence-electron chi connectivity index (χ1n) is 13.2. The maximum Gasteiger partial charge on any atom is 0.351 e. The summed E-state index contributed by atoms with van der Waals surface area (Å²) in [5.41, 5.74) is 3.74. The highest BCUT2D eigenvalue weighted by atomic mass is 35.5. The number of hydrogen-bond acceptors (Lipinski definition) is 8. The minimum Gasteiger partial charge on any atom is -0.462 e. The third-order valence-corrected chi connectivity index (χ3v) is 7.15. The first-order chi connectivity index (χ1) is 17.2. The topological polar surface area (TPSA) is 123 Å². The third kappa shape index (κ3) is 7.68. The Morgan fingerprint density at radius 3 is 2.17 bits per heavy atom. The van der Waals surface area contributed by atoms with Crippen LogP contribution in [0.2, 0.25) is 0 Å². The fourth-order valence-corrected chi connectivity index (χ4v) is 5.06. The number of carbonyl (C=O) groups excluding carboxylic acids is 2. The highest BCUT2D eigenvalue weighted by Crippen LogP contribution is 2.40. The van der Waals surface area contributed by atoms with Gasteiger partial charge in [0.25, 0.3) is 0 Å². The number of carbonyl (C=O) groups is 2. The standard InChI is InChI=1S/C26H42ClN3O6/c1-5-9-18(10-6-2)23(31)34-17-26(16-27)20(35-24(32)19(11-7-3)12-8-4)15-22(36-26)30-14-13-21(28)29-25(30)33/h13-14,18-20,22H,5-12,15-17H2,1-4H3,(H2,28,29,33)/t20-,22+,26+/m0/s1. The zero-order valence-corrected chi connectivity index (χ0v) is 22.8. The lowest BCUT2D eigenvalue weighted by Crippen LogP contribution is -2.49. The number of nitrogen functional groups attached to an aromatic ring is 1. The van der Waals surface area contributed by atoms with E-state index in [-0.39, 0.29) is 48.5 Å². The second kappa shape index (κ2) is 14.6. The van der Waals surface area contributed by atoms with E-state index in [1.807, 2.05) is 27.7 Å². The molecule has 9 nitrogen and oxygen atoms in total. The number of aromatic nitrogens is 2. The van der Waals surface area contributed by atoms with Gasteiger partial charge in [-0.2, -0.15) is 4.98 Å². The van der Waals surface area contributed by atoms with Gasteiger partial charge in [-0.15, -0.1) is 11.6 Å². The van der Waals surface area contributed by atoms with Crippen LogP contribution in [0.25, 0.3) is 0 Å². The molecule has 1 aromatic rings. The molecule has 1 aliphatic heterocycles. The van der Waals surface area contributed by atoms with Gasteiger partial charge in [-0.1, -0.05) is 53.4 Å². The molecule has 3 atom stereocenters. The molecule has 0 radical (unpaired) electrons. The predicted molar refractivity (Wildman–Crippen MR) is 139 cm³/mol. The number of nitrogens with zero attached hydrogens (tertiary/aromatic N) is 2. The Balaban J connectivity index is 2.32. The van der Waals surface area contributed by atoms with Crippen molar-refractivity contribution in [3.8, 4) is 0 Å². The summed E-state index contributed by atoms with van der Waals surface area (Å²) >= 11 is 6.42. The Morgan fingerprint density at radius 2 is 1.67 bits per heavy atom. The number of esters is 2. The summed E-state index contributed by atoms with van der Waals surface area (Å²) in [5.74, 6) is -1.10. The maximum atomic E-state index is 13.1. The van der Waals surface area contributed by atoms with E-state index in [0.29, 0.717) is 12.8 Å². The minimum atomic E-state index is -1.30. The van der Waals surface area contributed by atoms with Crippen LogP contribution in [0.4, 0.5) is 5.82 Å². The molecule has 0 unspecified atom stereocenters. The van der Waals surface area contributed by atoms with E-state index < -0.39 is 23.6 Å². The van der Waals surface area contributed by atoms with Crippen LogP contribution in [-0.2, 0) is 23.8 Å². The number of ether oxygens (including phenoxy) is 3. The van der Waals surface area contributed by atoms with Crippen molar-refractivity contribution in [3.05, 3.63) is 22.7 Å². The van der Waals surface area contributed by atoms with E-state index in [2.05, 4.69) is 4.98 Å². The molecule has 0 amide bonds. The quantitative estimate of drug-likeness (QED) is 0.259. The van der Waals surface area contributed by atoms with E-state index in [1.54, 1.807) is 0 Å². The fourth-order valence-electron chi connectivity index (χ4n) is 4.75. The number of rotatable bonds is 15. The van der Waals surface area contributed by atoms with Gasteiger partial charge in [0.1, 0.15) is 24.8 Å². The van der Waals surface area contributed by atoms with Crippen LogP contribution in [0, 0.1) is 11.8 Å². The van der Waals surface area contributed by atoms with Crippen molar-refractivity contribution < 1.29 is 23.8 Å². The van der Waals surface area contributed by atoms with Crippen LogP contribution in [-0.4, -0.2) is 45.7 Å². The zero-order chi connectivity index (χ0) is 26.7. The molecule has 36 heavy (non-hydrogen) atoms. The van der Waals surface area contributed by atoms with Gasteiger partial charge in [0, 0.05) is 12.6 Å². The van der Waals surface area contributed by atoms with E-state index in [4.69, 9.17) is 31.5 Å². The maximum absolute atomic E-state index is 13.1. The first kappa shape index (κ1) is 30.1. The molecule has 1 aliphatic rings. The number of hydrogen-bond donors (Lipinski definition) is 1. The van der Waals surface area contributed by atoms with Crippen molar-refractivity contribution in [2.24, 2.45) is 11.8 Å². The lowest BCUT2D eigenvalue weighted by atomic mass is 9.96. The number of halogens is 1. The van der Waals surface area contributed by atoms with Crippen molar-refractivity contribution in [3.63, 3.8) is 0 Å². The van der Waals surface area contributed by atoms with Crippen molar-refractivity contribution in [1.82, 2.24) is 9.55 Å². The van der Waals surface area contributed by atoms with Gasteiger partial charge in [0.05, 0.1) is 17.7 Å². The van der Waals surface area contributed by atoms with Crippen LogP contribution < -0.4 is 11.4 Å². The lowest BCUT2D eigenvalue weighted by Gasteiger charge is -2.32. The zero-order valence-electron chi connectivity index (χ0n) is 22.0. The largest absolute Gasteiger partial charge is 0.462 e. The van der Waals surface area contributed by atoms with Crippen LogP contribution in [0.1, 0.15) is 91.7 Å². The van der Waals surface area contributed by atoms with Gasteiger partial charge in [0.2, 0.25) is 0 Å². The van der Waals surface area contributed by atoms with Gasteiger partial charge in [0.15, 0.2) is 5.60 Å². The van der Waals surface area contributed by atoms with Gasteiger partial charge >= 0.3 is 17.6 Å². The summed E-state index contributed by atoms with van der Waals surface area (Å²) in [7, 11) is 0. The third-order valence-electron chi connectivity index (χ3n) is 6.69. The molecule has 1 saturated heterocycles. The Bertz CT molecular complexity index is 898. The highest BCUT2D eigenvalue weighted by Gasteiger charge is 2.53. The molecule has 2 heterocycles. The molecule has 1 aromatic heterocycles. The van der Waals surface area contributed by atoms with Gasteiger partial charge in [-0.05, 0) is 31.7 Å². The van der Waals surface area contributed by atoms with Crippen LogP contribution >= 0.6 is 11.6 Å². The second-order valence-corrected chi connectivity index (χ2v) is 9.90. The second-order valence-electron chi connectivity index (χ2n) is 9.63. The molecule has 0 saturated carbocycles.